The van der Waals surface area contributed by atoms with Crippen molar-refractivity contribution < 1.29 is 14.0 Å². The predicted molar refractivity (Wildman–Crippen MR) is 48.0 cm³/mol. The summed E-state index contributed by atoms with van der Waals surface area (Å²) < 4.78 is 17.4. The third-order valence-electron chi connectivity index (χ3n) is 1.76. The van der Waals surface area contributed by atoms with Crippen LogP contribution in [-0.2, 0) is 0 Å². The first-order valence-corrected chi connectivity index (χ1v) is 3.88. The zero-order valence-electron chi connectivity index (χ0n) is 7.07. The minimum absolute atomic E-state index is 0.0697. The molecule has 1 aromatic carbocycles. The van der Waals surface area contributed by atoms with E-state index in [1.165, 1.54) is 12.1 Å². The average Bonchev–Trinajstić information content (AvgIpc) is 2.56. The second kappa shape index (κ2) is 3.02. The standard InChI is InChI=1S/C9H7FN2O2/c10-5-1-2-8(13)6(3-5)7-4-9(11)14-12-7/h1-4,13H,11H2. The third-order valence-corrected chi connectivity index (χ3v) is 1.76. The van der Waals surface area contributed by atoms with Crippen LogP contribution in [0, 0.1) is 5.82 Å². The van der Waals surface area contributed by atoms with E-state index in [2.05, 4.69) is 9.68 Å². The zero-order chi connectivity index (χ0) is 10.1. The van der Waals surface area contributed by atoms with Crippen molar-refractivity contribution in [2.24, 2.45) is 0 Å². The molecule has 0 radical (unpaired) electrons. The van der Waals surface area contributed by atoms with E-state index < -0.39 is 5.82 Å². The molecule has 3 N–H and O–H groups in total. The van der Waals surface area contributed by atoms with Gasteiger partial charge in [-0.25, -0.2) is 4.39 Å². The van der Waals surface area contributed by atoms with Crippen LogP contribution in [0.4, 0.5) is 10.3 Å². The minimum atomic E-state index is -0.459. The summed E-state index contributed by atoms with van der Waals surface area (Å²) in [6.45, 7) is 0. The second-order valence-corrected chi connectivity index (χ2v) is 2.78. The molecule has 1 aromatic heterocycles. The number of nitrogens with zero attached hydrogens (tertiary/aromatic N) is 1. The number of benzene rings is 1. The molecule has 0 spiro atoms. The van der Waals surface area contributed by atoms with E-state index in [-0.39, 0.29) is 17.2 Å². The van der Waals surface area contributed by atoms with E-state index in [4.69, 9.17) is 5.73 Å². The van der Waals surface area contributed by atoms with Gasteiger partial charge in [-0.15, -0.1) is 0 Å². The molecule has 2 aromatic rings. The van der Waals surface area contributed by atoms with E-state index in [9.17, 15) is 9.50 Å². The highest BCUT2D eigenvalue weighted by molar-refractivity contribution is 5.67. The van der Waals surface area contributed by atoms with Gasteiger partial charge in [-0.05, 0) is 18.2 Å². The van der Waals surface area contributed by atoms with Crippen molar-refractivity contribution >= 4 is 5.88 Å². The van der Waals surface area contributed by atoms with E-state index in [1.54, 1.807) is 0 Å². The highest BCUT2D eigenvalue weighted by Crippen LogP contribution is 2.29. The Morgan fingerprint density at radius 3 is 2.79 bits per heavy atom. The van der Waals surface area contributed by atoms with E-state index in [0.717, 1.165) is 12.1 Å². The van der Waals surface area contributed by atoms with Crippen molar-refractivity contribution in [1.82, 2.24) is 5.16 Å². The van der Waals surface area contributed by atoms with Crippen LogP contribution >= 0.6 is 0 Å². The molecule has 5 heteroatoms. The molecule has 2 rings (SSSR count). The minimum Gasteiger partial charge on any atom is -0.507 e. The first-order valence-electron chi connectivity index (χ1n) is 3.88. The van der Waals surface area contributed by atoms with Gasteiger partial charge < -0.3 is 15.4 Å². The maximum atomic E-state index is 12.8. The third kappa shape index (κ3) is 1.39. The highest BCUT2D eigenvalue weighted by atomic mass is 19.1. The molecule has 0 saturated carbocycles. The fourth-order valence-corrected chi connectivity index (χ4v) is 1.13. The van der Waals surface area contributed by atoms with Gasteiger partial charge in [-0.3, -0.25) is 0 Å². The maximum absolute atomic E-state index is 12.8. The molecule has 72 valence electrons. The van der Waals surface area contributed by atoms with Crippen molar-refractivity contribution in [3.05, 3.63) is 30.1 Å². The summed E-state index contributed by atoms with van der Waals surface area (Å²) in [7, 11) is 0. The quantitative estimate of drug-likeness (QED) is 0.725. The number of aromatic hydroxyl groups is 1. The molecular formula is C9H7FN2O2. The maximum Gasteiger partial charge on any atom is 0.222 e. The van der Waals surface area contributed by atoms with Gasteiger partial charge in [0.05, 0.1) is 0 Å². The van der Waals surface area contributed by atoms with Crippen LogP contribution in [0.15, 0.2) is 28.8 Å². The Bertz CT molecular complexity index is 468. The number of phenolic OH excluding ortho intramolecular Hbond substituents is 1. The first kappa shape index (κ1) is 8.55. The van der Waals surface area contributed by atoms with Gasteiger partial charge >= 0.3 is 0 Å². The smallest absolute Gasteiger partial charge is 0.222 e. The SMILES string of the molecule is Nc1cc(-c2cc(F)ccc2O)no1. The summed E-state index contributed by atoms with van der Waals surface area (Å²) >= 11 is 0. The van der Waals surface area contributed by atoms with Crippen LogP contribution in [0.3, 0.4) is 0 Å². The molecule has 0 aliphatic carbocycles. The fraction of sp³-hybridized carbons (Fsp3) is 0. The Hall–Kier alpha value is -2.04. The number of hydrogen-bond acceptors (Lipinski definition) is 4. The van der Waals surface area contributed by atoms with Gasteiger partial charge in [-0.2, -0.15) is 0 Å². The lowest BCUT2D eigenvalue weighted by Gasteiger charge is -1.99. The number of nitrogens with two attached hydrogens (primary N) is 1. The lowest BCUT2D eigenvalue weighted by molar-refractivity contribution is 0.437. The molecule has 0 amide bonds. The van der Waals surface area contributed by atoms with Gasteiger partial charge in [0.1, 0.15) is 17.3 Å². The summed E-state index contributed by atoms with van der Waals surface area (Å²) in [6.07, 6.45) is 0. The Morgan fingerprint density at radius 2 is 2.14 bits per heavy atom. The largest absolute Gasteiger partial charge is 0.507 e. The van der Waals surface area contributed by atoms with Crippen LogP contribution in [0.1, 0.15) is 0 Å². The predicted octanol–water partition coefficient (Wildman–Crippen LogP) is 1.77. The Morgan fingerprint density at radius 1 is 1.36 bits per heavy atom. The highest BCUT2D eigenvalue weighted by Gasteiger charge is 2.09. The fourth-order valence-electron chi connectivity index (χ4n) is 1.13. The van der Waals surface area contributed by atoms with Gasteiger partial charge in [0.2, 0.25) is 5.88 Å². The van der Waals surface area contributed by atoms with Crippen LogP contribution in [0.5, 0.6) is 5.75 Å². The molecule has 0 saturated heterocycles. The average molecular weight is 194 g/mol. The molecule has 1 heterocycles. The molecule has 0 atom stereocenters. The molecule has 0 aliphatic rings. The van der Waals surface area contributed by atoms with E-state index in [0.29, 0.717) is 5.69 Å². The summed E-state index contributed by atoms with van der Waals surface area (Å²) in [5, 5.41) is 13.0. The van der Waals surface area contributed by atoms with Crippen molar-refractivity contribution in [2.75, 3.05) is 5.73 Å². The molecule has 4 nitrogen and oxygen atoms in total. The number of phenols is 1. The Kier molecular flexibility index (Phi) is 1.85. The number of nitrogen functional groups attached to an aromatic ring is 1. The van der Waals surface area contributed by atoms with Crippen molar-refractivity contribution in [2.45, 2.75) is 0 Å². The van der Waals surface area contributed by atoms with Gasteiger partial charge in [0, 0.05) is 11.6 Å². The van der Waals surface area contributed by atoms with Crippen molar-refractivity contribution in [1.29, 1.82) is 0 Å². The van der Waals surface area contributed by atoms with Crippen LogP contribution < -0.4 is 5.73 Å². The molecule has 0 fully saturated rings. The topological polar surface area (TPSA) is 72.3 Å². The Labute approximate surface area is 78.8 Å². The normalized spacial score (nSPS) is 10.4. The first-order chi connectivity index (χ1) is 6.66. The van der Waals surface area contributed by atoms with Gasteiger partial charge in [-0.1, -0.05) is 5.16 Å². The lowest BCUT2D eigenvalue weighted by Crippen LogP contribution is -1.81. The molecular weight excluding hydrogens is 187 g/mol. The van der Waals surface area contributed by atoms with Crippen LogP contribution in [0.2, 0.25) is 0 Å². The summed E-state index contributed by atoms with van der Waals surface area (Å²) in [6, 6.07) is 4.97. The number of aromatic nitrogens is 1. The van der Waals surface area contributed by atoms with Crippen molar-refractivity contribution in [3.8, 4) is 17.0 Å². The van der Waals surface area contributed by atoms with Gasteiger partial charge in [0.25, 0.3) is 0 Å². The second-order valence-electron chi connectivity index (χ2n) is 2.78. The number of anilines is 1. The van der Waals surface area contributed by atoms with E-state index >= 15 is 0 Å². The summed E-state index contributed by atoms with van der Waals surface area (Å²) in [5.41, 5.74) is 5.86. The number of hydrogen-bond donors (Lipinski definition) is 2. The molecule has 0 bridgehead atoms. The van der Waals surface area contributed by atoms with Crippen LogP contribution in [-0.4, -0.2) is 10.3 Å². The number of rotatable bonds is 1. The molecule has 0 aliphatic heterocycles. The number of halogens is 1. The Balaban J connectivity index is 2.55. The zero-order valence-corrected chi connectivity index (χ0v) is 7.07. The van der Waals surface area contributed by atoms with E-state index in [1.807, 2.05) is 0 Å². The monoisotopic (exact) mass is 194 g/mol. The van der Waals surface area contributed by atoms with Crippen LogP contribution in [0.25, 0.3) is 11.3 Å². The summed E-state index contributed by atoms with van der Waals surface area (Å²) in [5.74, 6) is -0.414. The molecule has 0 unspecified atom stereocenters. The summed E-state index contributed by atoms with van der Waals surface area (Å²) in [4.78, 5) is 0. The lowest BCUT2D eigenvalue weighted by atomic mass is 10.1. The van der Waals surface area contributed by atoms with Crippen molar-refractivity contribution in [3.63, 3.8) is 0 Å². The molecule has 14 heavy (non-hydrogen) atoms. The van der Waals surface area contributed by atoms with Gasteiger partial charge in [0.15, 0.2) is 0 Å².